The maximum atomic E-state index is 4.66. The van der Waals surface area contributed by atoms with E-state index in [0.29, 0.717) is 26.4 Å². The summed E-state index contributed by atoms with van der Waals surface area (Å²) in [6.45, 7) is 2.76. The highest BCUT2D eigenvalue weighted by atomic mass is 16.5. The van der Waals surface area contributed by atoms with Crippen molar-refractivity contribution in [2.24, 2.45) is 0 Å². The van der Waals surface area contributed by atoms with Crippen LogP contribution in [0.25, 0.3) is 0 Å². The van der Waals surface area contributed by atoms with Gasteiger partial charge in [-0.3, -0.25) is 0 Å². The summed E-state index contributed by atoms with van der Waals surface area (Å²) >= 11 is 0. The zero-order valence-corrected chi connectivity index (χ0v) is 8.46. The van der Waals surface area contributed by atoms with Crippen LogP contribution in [0.1, 0.15) is 0 Å². The Hall–Kier alpha value is -0.160. The fourth-order valence-electron chi connectivity index (χ4n) is 0.333. The summed E-state index contributed by atoms with van der Waals surface area (Å²) in [7, 11) is 6.61. The smallest absolute Gasteiger partial charge is 0.0696 e. The Bertz CT molecular complexity index is 43.0. The van der Waals surface area contributed by atoms with Gasteiger partial charge in [0, 0.05) is 28.4 Å². The summed E-state index contributed by atoms with van der Waals surface area (Å²) < 4.78 is 18.6. The van der Waals surface area contributed by atoms with Gasteiger partial charge in [-0.2, -0.15) is 0 Å². The van der Waals surface area contributed by atoms with Crippen molar-refractivity contribution in [3.63, 3.8) is 0 Å². The molecule has 0 aromatic rings. The highest BCUT2D eigenvalue weighted by molar-refractivity contribution is 4.18. The van der Waals surface area contributed by atoms with Crippen molar-refractivity contribution in [3.05, 3.63) is 0 Å². The first-order valence-electron chi connectivity index (χ1n) is 3.79. The van der Waals surface area contributed by atoms with Gasteiger partial charge in [-0.1, -0.05) is 0 Å². The number of ether oxygens (including phenoxy) is 4. The molecule has 0 radical (unpaired) electrons. The van der Waals surface area contributed by atoms with Crippen LogP contribution in [0.5, 0.6) is 0 Å². The van der Waals surface area contributed by atoms with E-state index in [-0.39, 0.29) is 0 Å². The SMILES string of the molecule is COCCOC.COCCOC. The number of hydrogen-bond donors (Lipinski definition) is 0. The second-order valence-electron chi connectivity index (χ2n) is 1.97. The molecule has 0 unspecified atom stereocenters. The van der Waals surface area contributed by atoms with Gasteiger partial charge in [0.2, 0.25) is 0 Å². The molecule has 12 heavy (non-hydrogen) atoms. The third-order valence-corrected chi connectivity index (χ3v) is 0.983. The fourth-order valence-corrected chi connectivity index (χ4v) is 0.333. The normalized spacial score (nSPS) is 9.00. The van der Waals surface area contributed by atoms with Crippen molar-refractivity contribution in [3.8, 4) is 0 Å². The molecule has 0 atom stereocenters. The lowest BCUT2D eigenvalue weighted by molar-refractivity contribution is 0.103. The van der Waals surface area contributed by atoms with Gasteiger partial charge >= 0.3 is 0 Å². The molecule has 4 heteroatoms. The molecule has 0 fully saturated rings. The van der Waals surface area contributed by atoms with Crippen molar-refractivity contribution in [2.45, 2.75) is 0 Å². The molecule has 0 bridgehead atoms. The third kappa shape index (κ3) is 22.5. The van der Waals surface area contributed by atoms with Crippen LogP contribution in [0, 0.1) is 0 Å². The van der Waals surface area contributed by atoms with E-state index >= 15 is 0 Å². The summed E-state index contributed by atoms with van der Waals surface area (Å²) in [5.41, 5.74) is 0. The van der Waals surface area contributed by atoms with E-state index in [9.17, 15) is 0 Å². The molecule has 0 N–H and O–H groups in total. The van der Waals surface area contributed by atoms with Crippen LogP contribution in [-0.4, -0.2) is 54.9 Å². The molecular formula is C8H20O4. The van der Waals surface area contributed by atoms with Crippen LogP contribution in [0.2, 0.25) is 0 Å². The van der Waals surface area contributed by atoms with Crippen LogP contribution in [0.4, 0.5) is 0 Å². The Morgan fingerprint density at radius 1 is 0.500 bits per heavy atom. The minimum atomic E-state index is 0.691. The monoisotopic (exact) mass is 180 g/mol. The van der Waals surface area contributed by atoms with E-state index in [1.165, 1.54) is 0 Å². The average Bonchev–Trinajstić information content (AvgIpc) is 2.12. The minimum Gasteiger partial charge on any atom is -0.382 e. The Balaban J connectivity index is 0. The van der Waals surface area contributed by atoms with Crippen LogP contribution in [0.3, 0.4) is 0 Å². The molecular weight excluding hydrogens is 160 g/mol. The zero-order chi connectivity index (χ0) is 9.66. The van der Waals surface area contributed by atoms with Crippen molar-refractivity contribution in [2.75, 3.05) is 54.9 Å². The number of hydrogen-bond acceptors (Lipinski definition) is 4. The number of rotatable bonds is 6. The van der Waals surface area contributed by atoms with Gasteiger partial charge in [0.1, 0.15) is 0 Å². The van der Waals surface area contributed by atoms with E-state index in [1.807, 2.05) is 0 Å². The molecule has 0 spiro atoms. The van der Waals surface area contributed by atoms with E-state index < -0.39 is 0 Å². The molecule has 0 aliphatic heterocycles. The van der Waals surface area contributed by atoms with Crippen LogP contribution < -0.4 is 0 Å². The zero-order valence-electron chi connectivity index (χ0n) is 8.46. The van der Waals surface area contributed by atoms with E-state index in [2.05, 4.69) is 18.9 Å². The molecule has 4 nitrogen and oxygen atoms in total. The predicted octanol–water partition coefficient (Wildman–Crippen LogP) is 0.558. The second kappa shape index (κ2) is 17.1. The quantitative estimate of drug-likeness (QED) is 0.560. The molecule has 76 valence electrons. The van der Waals surface area contributed by atoms with Gasteiger partial charge in [-0.05, 0) is 0 Å². The van der Waals surface area contributed by atoms with Gasteiger partial charge in [0.25, 0.3) is 0 Å². The first-order valence-corrected chi connectivity index (χ1v) is 3.79. The highest BCUT2D eigenvalue weighted by Gasteiger charge is 1.74. The van der Waals surface area contributed by atoms with Crippen molar-refractivity contribution in [1.82, 2.24) is 0 Å². The molecule has 0 heterocycles. The standard InChI is InChI=1S/2C4H10O2/c2*1-5-3-4-6-2/h2*3-4H2,1-2H3. The second-order valence-corrected chi connectivity index (χ2v) is 1.97. The van der Waals surface area contributed by atoms with Crippen molar-refractivity contribution >= 4 is 0 Å². The molecule has 0 saturated carbocycles. The maximum Gasteiger partial charge on any atom is 0.0696 e. The fraction of sp³-hybridized carbons (Fsp3) is 1.00. The molecule has 0 aliphatic rings. The average molecular weight is 180 g/mol. The summed E-state index contributed by atoms with van der Waals surface area (Å²) in [6, 6.07) is 0. The molecule has 0 rings (SSSR count). The van der Waals surface area contributed by atoms with Crippen LogP contribution in [0.15, 0.2) is 0 Å². The summed E-state index contributed by atoms with van der Waals surface area (Å²) in [4.78, 5) is 0. The lowest BCUT2D eigenvalue weighted by Gasteiger charge is -1.91. The molecule has 0 aromatic carbocycles. The Labute approximate surface area is 74.8 Å². The van der Waals surface area contributed by atoms with Crippen molar-refractivity contribution < 1.29 is 18.9 Å². The Kier molecular flexibility index (Phi) is 20.4. The van der Waals surface area contributed by atoms with Crippen LogP contribution in [-0.2, 0) is 18.9 Å². The van der Waals surface area contributed by atoms with Gasteiger partial charge in [-0.25, -0.2) is 0 Å². The first kappa shape index (κ1) is 14.4. The molecule has 0 saturated heterocycles. The van der Waals surface area contributed by atoms with Gasteiger partial charge < -0.3 is 18.9 Å². The predicted molar refractivity (Wildman–Crippen MR) is 47.5 cm³/mol. The molecule has 0 amide bonds. The van der Waals surface area contributed by atoms with Gasteiger partial charge in [0.05, 0.1) is 26.4 Å². The van der Waals surface area contributed by atoms with Crippen molar-refractivity contribution in [1.29, 1.82) is 0 Å². The highest BCUT2D eigenvalue weighted by Crippen LogP contribution is 1.66. The van der Waals surface area contributed by atoms with E-state index in [1.54, 1.807) is 28.4 Å². The maximum absolute atomic E-state index is 4.66. The van der Waals surface area contributed by atoms with E-state index in [0.717, 1.165) is 0 Å². The molecule has 0 aliphatic carbocycles. The topological polar surface area (TPSA) is 36.9 Å². The Morgan fingerprint density at radius 3 is 0.750 bits per heavy atom. The van der Waals surface area contributed by atoms with Gasteiger partial charge in [-0.15, -0.1) is 0 Å². The Morgan fingerprint density at radius 2 is 0.667 bits per heavy atom. The molecule has 0 aromatic heterocycles. The minimum absolute atomic E-state index is 0.691. The first-order chi connectivity index (χ1) is 5.83. The third-order valence-electron chi connectivity index (χ3n) is 0.983. The van der Waals surface area contributed by atoms with Gasteiger partial charge in [0.15, 0.2) is 0 Å². The summed E-state index contributed by atoms with van der Waals surface area (Å²) in [5, 5.41) is 0. The lowest BCUT2D eigenvalue weighted by atomic mass is 10.8. The summed E-state index contributed by atoms with van der Waals surface area (Å²) in [5.74, 6) is 0. The van der Waals surface area contributed by atoms with E-state index in [4.69, 9.17) is 0 Å². The summed E-state index contributed by atoms with van der Waals surface area (Å²) in [6.07, 6.45) is 0. The largest absolute Gasteiger partial charge is 0.382 e. The van der Waals surface area contributed by atoms with Crippen LogP contribution >= 0.6 is 0 Å². The number of methoxy groups -OCH3 is 4. The lowest BCUT2D eigenvalue weighted by Crippen LogP contribution is -1.96.